The number of nitrogens with zero attached hydrogens (tertiary/aromatic N) is 2. The van der Waals surface area contributed by atoms with Gasteiger partial charge < -0.3 is 15.5 Å². The van der Waals surface area contributed by atoms with Crippen LogP contribution in [0, 0.1) is 12.7 Å². The van der Waals surface area contributed by atoms with E-state index in [0.717, 1.165) is 16.6 Å². The number of hydrogen-bond donors (Lipinski definition) is 2. The van der Waals surface area contributed by atoms with Crippen molar-refractivity contribution in [2.75, 3.05) is 11.1 Å². The van der Waals surface area contributed by atoms with Gasteiger partial charge in [0.05, 0.1) is 5.39 Å². The van der Waals surface area contributed by atoms with E-state index in [0.29, 0.717) is 22.7 Å². The maximum Gasteiger partial charge on any atom is 0.215 e. The van der Waals surface area contributed by atoms with E-state index in [4.69, 9.17) is 10.2 Å². The quantitative estimate of drug-likeness (QED) is 0.569. The molecule has 5 nitrogen and oxygen atoms in total. The lowest BCUT2D eigenvalue weighted by Gasteiger charge is -2.06. The first kappa shape index (κ1) is 15.1. The molecule has 0 saturated heterocycles. The number of rotatable bonds is 3. The highest BCUT2D eigenvalue weighted by molar-refractivity contribution is 6.03. The van der Waals surface area contributed by atoms with E-state index in [1.807, 2.05) is 25.1 Å². The van der Waals surface area contributed by atoms with Crippen LogP contribution in [0.3, 0.4) is 0 Å². The Morgan fingerprint density at radius 1 is 1.08 bits per heavy atom. The number of aryl methyl sites for hydroxylation is 1. The summed E-state index contributed by atoms with van der Waals surface area (Å²) in [6, 6.07) is 11.8. The highest BCUT2D eigenvalue weighted by Crippen LogP contribution is 2.39. The van der Waals surface area contributed by atoms with Gasteiger partial charge in [0.1, 0.15) is 17.2 Å². The third-order valence-corrected chi connectivity index (χ3v) is 3.90. The zero-order chi connectivity index (χ0) is 17.4. The van der Waals surface area contributed by atoms with Crippen LogP contribution in [0.2, 0.25) is 0 Å². The monoisotopic (exact) mass is 334 g/mol. The molecule has 0 spiro atoms. The lowest BCUT2D eigenvalue weighted by Crippen LogP contribution is -1.94. The van der Waals surface area contributed by atoms with Crippen molar-refractivity contribution in [3.05, 3.63) is 66.4 Å². The van der Waals surface area contributed by atoms with Crippen molar-refractivity contribution in [1.29, 1.82) is 0 Å². The molecule has 3 heterocycles. The van der Waals surface area contributed by atoms with Crippen molar-refractivity contribution >= 4 is 28.2 Å². The number of furan rings is 1. The minimum atomic E-state index is -0.328. The van der Waals surface area contributed by atoms with Crippen molar-refractivity contribution in [2.45, 2.75) is 6.92 Å². The summed E-state index contributed by atoms with van der Waals surface area (Å²) in [5.41, 5.74) is 10.3. The Labute approximate surface area is 143 Å². The Kier molecular flexibility index (Phi) is 3.57. The molecule has 0 atom stereocenters. The topological polar surface area (TPSA) is 77.0 Å². The first-order chi connectivity index (χ1) is 12.1. The largest absolute Gasteiger partial charge is 0.436 e. The Bertz CT molecular complexity index is 1070. The summed E-state index contributed by atoms with van der Waals surface area (Å²) in [7, 11) is 0. The number of pyridine rings is 2. The summed E-state index contributed by atoms with van der Waals surface area (Å²) >= 11 is 0. The van der Waals surface area contributed by atoms with Gasteiger partial charge in [-0.3, -0.25) is 9.97 Å². The molecule has 25 heavy (non-hydrogen) atoms. The molecule has 0 aliphatic heterocycles. The number of hydrogen-bond acceptors (Lipinski definition) is 5. The number of nitrogens with one attached hydrogen (secondary N) is 1. The second-order valence-electron chi connectivity index (χ2n) is 5.70. The van der Waals surface area contributed by atoms with E-state index in [9.17, 15) is 4.39 Å². The summed E-state index contributed by atoms with van der Waals surface area (Å²) in [6.45, 7) is 1.91. The Morgan fingerprint density at radius 2 is 1.92 bits per heavy atom. The van der Waals surface area contributed by atoms with Crippen LogP contribution in [0.25, 0.3) is 22.2 Å². The van der Waals surface area contributed by atoms with Crippen LogP contribution in [-0.2, 0) is 0 Å². The van der Waals surface area contributed by atoms with E-state index in [1.54, 1.807) is 24.5 Å². The number of benzene rings is 1. The molecular weight excluding hydrogens is 319 g/mol. The molecule has 1 aromatic carbocycles. The van der Waals surface area contributed by atoms with Crippen LogP contribution in [0.15, 0.2) is 59.3 Å². The molecule has 0 radical (unpaired) electrons. The smallest absolute Gasteiger partial charge is 0.215 e. The average molecular weight is 334 g/mol. The van der Waals surface area contributed by atoms with Gasteiger partial charge in [0, 0.05) is 29.3 Å². The maximum atomic E-state index is 13.4. The SMILES string of the molecule is Cc1cc(-c2nccc3c(Nc4cccc(F)c4)c(N)oc23)ccn1. The van der Waals surface area contributed by atoms with Crippen LogP contribution >= 0.6 is 0 Å². The zero-order valence-corrected chi connectivity index (χ0v) is 13.5. The molecule has 3 aromatic heterocycles. The molecule has 0 aliphatic carbocycles. The average Bonchev–Trinajstić information content (AvgIpc) is 2.91. The number of halogens is 1. The minimum absolute atomic E-state index is 0.222. The molecule has 0 amide bonds. The number of nitrogens with two attached hydrogens (primary N) is 1. The predicted octanol–water partition coefficient (Wildman–Crippen LogP) is 4.66. The second kappa shape index (κ2) is 5.90. The summed E-state index contributed by atoms with van der Waals surface area (Å²) in [5.74, 6) is -0.106. The standard InChI is InChI=1S/C19H15FN4O/c1-11-9-12(5-7-22-11)16-18-15(6-8-23-16)17(19(21)25-18)24-14-4-2-3-13(20)10-14/h2-10,24H,21H2,1H3. The van der Waals surface area contributed by atoms with E-state index >= 15 is 0 Å². The van der Waals surface area contributed by atoms with Gasteiger partial charge in [0.15, 0.2) is 5.58 Å². The summed E-state index contributed by atoms with van der Waals surface area (Å²) in [4.78, 5) is 8.63. The number of nitrogen functional groups attached to an aromatic ring is 1. The van der Waals surface area contributed by atoms with Crippen molar-refractivity contribution < 1.29 is 8.81 Å². The van der Waals surface area contributed by atoms with Crippen LogP contribution < -0.4 is 11.1 Å². The Balaban J connectivity index is 1.85. The van der Waals surface area contributed by atoms with Crippen molar-refractivity contribution in [3.63, 3.8) is 0 Å². The summed E-state index contributed by atoms with van der Waals surface area (Å²) in [6.07, 6.45) is 3.42. The molecule has 0 bridgehead atoms. The van der Waals surface area contributed by atoms with Gasteiger partial charge in [-0.2, -0.15) is 0 Å². The van der Waals surface area contributed by atoms with E-state index in [2.05, 4.69) is 15.3 Å². The van der Waals surface area contributed by atoms with Gasteiger partial charge in [0.2, 0.25) is 5.88 Å². The molecule has 4 aromatic rings. The van der Waals surface area contributed by atoms with Crippen LogP contribution in [-0.4, -0.2) is 9.97 Å². The van der Waals surface area contributed by atoms with Crippen LogP contribution in [0.1, 0.15) is 5.69 Å². The van der Waals surface area contributed by atoms with Gasteiger partial charge in [-0.1, -0.05) is 6.07 Å². The van der Waals surface area contributed by atoms with Crippen LogP contribution in [0.5, 0.6) is 0 Å². The lowest BCUT2D eigenvalue weighted by atomic mass is 10.1. The first-order valence-electron chi connectivity index (χ1n) is 7.74. The number of anilines is 3. The van der Waals surface area contributed by atoms with Gasteiger partial charge in [-0.25, -0.2) is 4.39 Å². The van der Waals surface area contributed by atoms with Gasteiger partial charge in [0.25, 0.3) is 0 Å². The third-order valence-electron chi connectivity index (χ3n) is 3.90. The molecule has 4 rings (SSSR count). The van der Waals surface area contributed by atoms with Crippen molar-refractivity contribution in [1.82, 2.24) is 9.97 Å². The second-order valence-corrected chi connectivity index (χ2v) is 5.70. The molecule has 0 fully saturated rings. The van der Waals surface area contributed by atoms with Gasteiger partial charge >= 0.3 is 0 Å². The molecular formula is C19H15FN4O. The molecule has 0 aliphatic rings. The van der Waals surface area contributed by atoms with E-state index < -0.39 is 0 Å². The van der Waals surface area contributed by atoms with E-state index in [1.165, 1.54) is 12.1 Å². The normalized spacial score (nSPS) is 11.0. The molecule has 6 heteroatoms. The fourth-order valence-electron chi connectivity index (χ4n) is 2.78. The predicted molar refractivity (Wildman–Crippen MR) is 96.1 cm³/mol. The number of fused-ring (bicyclic) bond motifs is 1. The van der Waals surface area contributed by atoms with E-state index in [-0.39, 0.29) is 11.7 Å². The fraction of sp³-hybridized carbons (Fsp3) is 0.0526. The summed E-state index contributed by atoms with van der Waals surface area (Å²) < 4.78 is 19.2. The third kappa shape index (κ3) is 2.78. The fourth-order valence-corrected chi connectivity index (χ4v) is 2.78. The zero-order valence-electron chi connectivity index (χ0n) is 13.5. The Hall–Kier alpha value is -3.41. The van der Waals surface area contributed by atoms with Gasteiger partial charge in [-0.15, -0.1) is 0 Å². The van der Waals surface area contributed by atoms with Gasteiger partial charge in [-0.05, 0) is 43.3 Å². The number of aromatic nitrogens is 2. The molecule has 3 N–H and O–H groups in total. The molecule has 124 valence electrons. The Morgan fingerprint density at radius 3 is 2.72 bits per heavy atom. The minimum Gasteiger partial charge on any atom is -0.436 e. The maximum absolute atomic E-state index is 13.4. The lowest BCUT2D eigenvalue weighted by molar-refractivity contribution is 0.628. The molecule has 0 unspecified atom stereocenters. The first-order valence-corrected chi connectivity index (χ1v) is 7.74. The highest BCUT2D eigenvalue weighted by Gasteiger charge is 2.17. The highest BCUT2D eigenvalue weighted by atomic mass is 19.1. The van der Waals surface area contributed by atoms with Crippen molar-refractivity contribution in [3.8, 4) is 11.3 Å². The van der Waals surface area contributed by atoms with Crippen LogP contribution in [0.4, 0.5) is 21.6 Å². The van der Waals surface area contributed by atoms with Crippen molar-refractivity contribution in [2.24, 2.45) is 0 Å². The molecule has 0 saturated carbocycles. The summed E-state index contributed by atoms with van der Waals surface area (Å²) in [5, 5.41) is 3.91.